The van der Waals surface area contributed by atoms with E-state index >= 15 is 0 Å². The maximum Gasteiger partial charge on any atom is 0.244 e. The van der Waals surface area contributed by atoms with Gasteiger partial charge in [0.05, 0.1) is 22.0 Å². The van der Waals surface area contributed by atoms with Crippen molar-refractivity contribution in [2.24, 2.45) is 0 Å². The fraction of sp³-hybridized carbons (Fsp3) is 0.364. The van der Waals surface area contributed by atoms with Crippen LogP contribution in [0.2, 0.25) is 10.0 Å². The van der Waals surface area contributed by atoms with Crippen molar-refractivity contribution in [3.8, 4) is 0 Å². The minimum absolute atomic E-state index is 0.0483. The number of nitrogens with zero attached hydrogens (tertiary/aromatic N) is 2. The van der Waals surface area contributed by atoms with Crippen LogP contribution in [0.5, 0.6) is 0 Å². The van der Waals surface area contributed by atoms with Gasteiger partial charge in [-0.25, -0.2) is 8.42 Å². The van der Waals surface area contributed by atoms with Crippen molar-refractivity contribution < 1.29 is 18.0 Å². The van der Waals surface area contributed by atoms with Gasteiger partial charge < -0.3 is 10.2 Å². The summed E-state index contributed by atoms with van der Waals surface area (Å²) in [5.41, 5.74) is 1.02. The maximum atomic E-state index is 13.4. The first kappa shape index (κ1) is 27.7. The number of carbonyl (C=O) groups excluding carboxylic acids is 2. The summed E-state index contributed by atoms with van der Waals surface area (Å²) in [7, 11) is -3.77. The molecule has 0 heterocycles. The lowest BCUT2D eigenvalue weighted by atomic mass is 10.1. The van der Waals surface area contributed by atoms with Crippen LogP contribution in [-0.4, -0.2) is 50.0 Å². The smallest absolute Gasteiger partial charge is 0.244 e. The zero-order valence-corrected chi connectivity index (χ0v) is 23.2. The molecule has 0 radical (unpaired) electrons. The van der Waals surface area contributed by atoms with Crippen LogP contribution in [-0.2, 0) is 26.2 Å². The molecule has 0 aromatic heterocycles. The van der Waals surface area contributed by atoms with Gasteiger partial charge in [-0.3, -0.25) is 13.9 Å². The van der Waals surface area contributed by atoms with Crippen molar-refractivity contribution in [3.63, 3.8) is 0 Å². The number of amides is 2. The molecule has 0 bridgehead atoms. The van der Waals surface area contributed by atoms with E-state index in [4.69, 9.17) is 23.2 Å². The molecular weight excluding hydrogens is 600 g/mol. The largest absolute Gasteiger partial charge is 0.352 e. The predicted molar refractivity (Wildman–Crippen MR) is 141 cm³/mol. The number of carbonyl (C=O) groups is 2. The van der Waals surface area contributed by atoms with Crippen LogP contribution < -0.4 is 9.62 Å². The van der Waals surface area contributed by atoms with Gasteiger partial charge in [-0.15, -0.1) is 0 Å². The lowest BCUT2D eigenvalue weighted by molar-refractivity contribution is -0.139. The minimum Gasteiger partial charge on any atom is -0.352 e. The molecule has 180 valence electrons. The van der Waals surface area contributed by atoms with Crippen molar-refractivity contribution in [3.05, 3.63) is 61.6 Å². The lowest BCUT2D eigenvalue weighted by Gasteiger charge is -2.32. The van der Waals surface area contributed by atoms with Crippen LogP contribution in [0, 0.1) is 3.57 Å². The Bertz CT molecular complexity index is 1110. The minimum atomic E-state index is -3.77. The Labute approximate surface area is 218 Å². The Balaban J connectivity index is 2.40. The van der Waals surface area contributed by atoms with Crippen molar-refractivity contribution in [1.82, 2.24) is 10.2 Å². The molecule has 0 aliphatic heterocycles. The van der Waals surface area contributed by atoms with Gasteiger partial charge in [0.1, 0.15) is 12.6 Å². The first-order valence-corrected chi connectivity index (χ1v) is 13.7. The van der Waals surface area contributed by atoms with Crippen LogP contribution in [0.3, 0.4) is 0 Å². The van der Waals surface area contributed by atoms with Gasteiger partial charge in [0.2, 0.25) is 21.8 Å². The van der Waals surface area contributed by atoms with Crippen LogP contribution in [0.4, 0.5) is 5.69 Å². The number of hydrogen-bond donors (Lipinski definition) is 1. The first-order chi connectivity index (χ1) is 15.3. The third-order valence-corrected chi connectivity index (χ3v) is 7.33. The number of benzene rings is 2. The molecular formula is C22H26Cl2IN3O4S. The number of sulfonamides is 1. The van der Waals surface area contributed by atoms with Gasteiger partial charge in [-0.1, -0.05) is 29.3 Å². The van der Waals surface area contributed by atoms with E-state index in [0.717, 1.165) is 14.1 Å². The molecule has 0 spiro atoms. The monoisotopic (exact) mass is 625 g/mol. The van der Waals surface area contributed by atoms with E-state index in [1.807, 2.05) is 13.8 Å². The van der Waals surface area contributed by atoms with Gasteiger partial charge in [0, 0.05) is 16.2 Å². The summed E-state index contributed by atoms with van der Waals surface area (Å²) in [6.45, 7) is 4.82. The van der Waals surface area contributed by atoms with Gasteiger partial charge in [0.15, 0.2) is 0 Å². The van der Waals surface area contributed by atoms with Gasteiger partial charge in [0.25, 0.3) is 0 Å². The summed E-state index contributed by atoms with van der Waals surface area (Å²) in [6.07, 6.45) is 1.04. The highest BCUT2D eigenvalue weighted by atomic mass is 127. The van der Waals surface area contributed by atoms with Gasteiger partial charge in [-0.05, 0) is 85.3 Å². The fourth-order valence-electron chi connectivity index (χ4n) is 3.04. The second kappa shape index (κ2) is 11.7. The number of halogens is 3. The summed E-state index contributed by atoms with van der Waals surface area (Å²) in [5, 5.41) is 3.48. The summed E-state index contributed by atoms with van der Waals surface area (Å²) in [5.74, 6) is -0.880. The number of hydrogen-bond acceptors (Lipinski definition) is 4. The van der Waals surface area contributed by atoms with Crippen molar-refractivity contribution >= 4 is 73.3 Å². The normalized spacial score (nSPS) is 12.4. The highest BCUT2D eigenvalue weighted by Gasteiger charge is 2.30. The van der Waals surface area contributed by atoms with E-state index in [9.17, 15) is 18.0 Å². The molecule has 11 heteroatoms. The topological polar surface area (TPSA) is 86.8 Å². The molecule has 2 aromatic rings. The molecule has 2 aromatic carbocycles. The Morgan fingerprint density at radius 1 is 1.03 bits per heavy atom. The second-order valence-corrected chi connectivity index (χ2v) is 11.8. The summed E-state index contributed by atoms with van der Waals surface area (Å²) in [6, 6.07) is 10.7. The van der Waals surface area contributed by atoms with Crippen LogP contribution in [0.15, 0.2) is 42.5 Å². The fourth-order valence-corrected chi connectivity index (χ4v) is 4.57. The molecule has 7 nitrogen and oxygen atoms in total. The third kappa shape index (κ3) is 8.01. The van der Waals surface area contributed by atoms with Crippen LogP contribution in [0.25, 0.3) is 0 Å². The molecule has 0 saturated heterocycles. The van der Waals surface area contributed by atoms with Gasteiger partial charge in [-0.2, -0.15) is 0 Å². The molecule has 2 rings (SSSR count). The summed E-state index contributed by atoms with van der Waals surface area (Å²) >= 11 is 14.2. The molecule has 1 atom stereocenters. The lowest BCUT2D eigenvalue weighted by Crippen LogP contribution is -2.52. The third-order valence-electron chi connectivity index (χ3n) is 4.73. The molecule has 33 heavy (non-hydrogen) atoms. The van der Waals surface area contributed by atoms with Crippen molar-refractivity contribution in [1.29, 1.82) is 0 Å². The molecule has 0 fully saturated rings. The number of anilines is 1. The SMILES string of the molecule is CC(C)NC(=O)[C@@H](C)N(Cc1ccc(Cl)c(Cl)c1)C(=O)CN(c1ccc(I)cc1)S(C)(=O)=O. The van der Waals surface area contributed by atoms with Crippen LogP contribution in [0.1, 0.15) is 26.3 Å². The molecule has 2 amide bonds. The van der Waals surface area contributed by atoms with Crippen molar-refractivity contribution in [2.45, 2.75) is 39.4 Å². The molecule has 0 unspecified atom stereocenters. The zero-order valence-electron chi connectivity index (χ0n) is 18.7. The van der Waals surface area contributed by atoms with E-state index < -0.39 is 28.5 Å². The Kier molecular flexibility index (Phi) is 9.83. The number of nitrogens with one attached hydrogen (secondary N) is 1. The highest BCUT2D eigenvalue weighted by Crippen LogP contribution is 2.24. The standard InChI is InChI=1S/C22H26Cl2IN3O4S/c1-14(2)26-22(30)15(3)27(12-16-5-10-19(23)20(24)11-16)21(29)13-28(33(4,31)32)18-8-6-17(25)7-9-18/h5-11,14-15H,12-13H2,1-4H3,(H,26,30)/t15-/m1/s1. The van der Waals surface area contributed by atoms with E-state index in [1.165, 1.54) is 4.90 Å². The molecule has 0 aliphatic carbocycles. The zero-order chi connectivity index (χ0) is 24.9. The number of rotatable bonds is 9. The van der Waals surface area contributed by atoms with Gasteiger partial charge >= 0.3 is 0 Å². The van der Waals surface area contributed by atoms with Crippen molar-refractivity contribution in [2.75, 3.05) is 17.1 Å². The van der Waals surface area contributed by atoms with E-state index in [0.29, 0.717) is 21.3 Å². The Morgan fingerprint density at radius 3 is 2.15 bits per heavy atom. The van der Waals surface area contributed by atoms with E-state index in [2.05, 4.69) is 27.9 Å². The molecule has 1 N–H and O–H groups in total. The maximum absolute atomic E-state index is 13.4. The quantitative estimate of drug-likeness (QED) is 0.421. The van der Waals surface area contributed by atoms with E-state index in [-0.39, 0.29) is 18.5 Å². The summed E-state index contributed by atoms with van der Waals surface area (Å²) in [4.78, 5) is 27.5. The average molecular weight is 626 g/mol. The van der Waals surface area contributed by atoms with E-state index in [1.54, 1.807) is 49.4 Å². The predicted octanol–water partition coefficient (Wildman–Crippen LogP) is 4.31. The Hall–Kier alpha value is -1.56. The molecule has 0 saturated carbocycles. The highest BCUT2D eigenvalue weighted by molar-refractivity contribution is 14.1. The summed E-state index contributed by atoms with van der Waals surface area (Å²) < 4.78 is 27.0. The molecule has 0 aliphatic rings. The first-order valence-electron chi connectivity index (χ1n) is 10.1. The average Bonchev–Trinajstić information content (AvgIpc) is 2.71. The second-order valence-electron chi connectivity index (χ2n) is 7.86. The van der Waals surface area contributed by atoms with Crippen LogP contribution >= 0.6 is 45.8 Å². The Morgan fingerprint density at radius 2 is 1.64 bits per heavy atom.